The van der Waals surface area contributed by atoms with Crippen molar-refractivity contribution in [1.29, 1.82) is 0 Å². The van der Waals surface area contributed by atoms with Gasteiger partial charge in [0.25, 0.3) is 0 Å². The van der Waals surface area contributed by atoms with Gasteiger partial charge in [0.2, 0.25) is 0 Å². The minimum atomic E-state index is -0.524. The Kier molecular flexibility index (Phi) is 6.22. The van der Waals surface area contributed by atoms with Gasteiger partial charge in [0.05, 0.1) is 19.2 Å². The summed E-state index contributed by atoms with van der Waals surface area (Å²) in [6, 6.07) is 4.94. The lowest BCUT2D eigenvalue weighted by molar-refractivity contribution is 0.0278. The van der Waals surface area contributed by atoms with Crippen LogP contribution in [0.5, 0.6) is 11.5 Å². The van der Waals surface area contributed by atoms with E-state index in [0.29, 0.717) is 30.2 Å². The Labute approximate surface area is 131 Å². The first-order chi connectivity index (χ1) is 10.3. The number of carbonyl (C=O) groups is 2. The van der Waals surface area contributed by atoms with Crippen LogP contribution in [0.3, 0.4) is 0 Å². The zero-order chi connectivity index (χ0) is 16.8. The second kappa shape index (κ2) is 7.68. The van der Waals surface area contributed by atoms with Crippen molar-refractivity contribution < 1.29 is 23.8 Å². The summed E-state index contributed by atoms with van der Waals surface area (Å²) < 4.78 is 15.9. The number of ether oxygens (including phenoxy) is 3. The zero-order valence-corrected chi connectivity index (χ0v) is 13.7. The van der Waals surface area contributed by atoms with Gasteiger partial charge < -0.3 is 19.1 Å². The molecule has 6 nitrogen and oxygen atoms in total. The Hall–Kier alpha value is -2.24. The van der Waals surface area contributed by atoms with Crippen LogP contribution in [0.2, 0.25) is 0 Å². The van der Waals surface area contributed by atoms with Crippen molar-refractivity contribution in [3.8, 4) is 11.5 Å². The Balaban J connectivity index is 2.50. The van der Waals surface area contributed by atoms with Crippen molar-refractivity contribution in [1.82, 2.24) is 4.90 Å². The molecule has 0 radical (unpaired) electrons. The van der Waals surface area contributed by atoms with Gasteiger partial charge in [-0.2, -0.15) is 0 Å². The first kappa shape index (κ1) is 17.8. The number of methoxy groups -OCH3 is 1. The fourth-order valence-corrected chi connectivity index (χ4v) is 1.61. The van der Waals surface area contributed by atoms with E-state index < -0.39 is 11.7 Å². The highest BCUT2D eigenvalue weighted by molar-refractivity contribution is 5.79. The first-order valence-electron chi connectivity index (χ1n) is 6.97. The quantitative estimate of drug-likeness (QED) is 0.756. The Morgan fingerprint density at radius 1 is 1.32 bits per heavy atom. The number of hydrogen-bond acceptors (Lipinski definition) is 5. The van der Waals surface area contributed by atoms with Gasteiger partial charge in [-0.15, -0.1) is 0 Å². The molecule has 1 rings (SSSR count). The van der Waals surface area contributed by atoms with Gasteiger partial charge in [-0.3, -0.25) is 4.79 Å². The Morgan fingerprint density at radius 2 is 2.00 bits per heavy atom. The molecule has 1 amide bonds. The van der Waals surface area contributed by atoms with Crippen LogP contribution in [0.15, 0.2) is 18.2 Å². The Bertz CT molecular complexity index is 522. The molecule has 0 aliphatic rings. The fourth-order valence-electron chi connectivity index (χ4n) is 1.61. The van der Waals surface area contributed by atoms with E-state index in [1.165, 1.54) is 12.0 Å². The molecular formula is C16H23NO5. The molecule has 0 bridgehead atoms. The summed E-state index contributed by atoms with van der Waals surface area (Å²) in [5.74, 6) is 1.02. The number of likely N-dealkylation sites (N-methyl/N-ethyl adjacent to an activating group) is 1. The molecule has 0 saturated heterocycles. The number of aldehydes is 1. The maximum absolute atomic E-state index is 11.8. The van der Waals surface area contributed by atoms with Gasteiger partial charge in [0.1, 0.15) is 23.7 Å². The standard InChI is InChI=1S/C16H23NO5/c1-16(2,3)22-15(19)17(4)8-9-21-13-7-6-12(11-18)14(10-13)20-5/h6-7,10-11H,8-9H2,1-5H3. The van der Waals surface area contributed by atoms with E-state index in [9.17, 15) is 9.59 Å². The van der Waals surface area contributed by atoms with E-state index in [-0.39, 0.29) is 0 Å². The van der Waals surface area contributed by atoms with E-state index in [2.05, 4.69) is 0 Å². The summed E-state index contributed by atoms with van der Waals surface area (Å²) in [4.78, 5) is 24.0. The molecule has 0 aromatic heterocycles. The third kappa shape index (κ3) is 5.63. The lowest BCUT2D eigenvalue weighted by atomic mass is 10.2. The van der Waals surface area contributed by atoms with Crippen LogP contribution in [-0.4, -0.2) is 50.2 Å². The number of nitrogens with zero attached hydrogens (tertiary/aromatic N) is 1. The summed E-state index contributed by atoms with van der Waals surface area (Å²) in [6.07, 6.45) is 0.323. The topological polar surface area (TPSA) is 65.1 Å². The summed E-state index contributed by atoms with van der Waals surface area (Å²) in [5, 5.41) is 0. The summed E-state index contributed by atoms with van der Waals surface area (Å²) >= 11 is 0. The van der Waals surface area contributed by atoms with Crippen LogP contribution < -0.4 is 9.47 Å². The molecule has 0 heterocycles. The van der Waals surface area contributed by atoms with Crippen molar-refractivity contribution in [3.05, 3.63) is 23.8 Å². The van der Waals surface area contributed by atoms with Crippen LogP contribution in [0.25, 0.3) is 0 Å². The van der Waals surface area contributed by atoms with Gasteiger partial charge in [-0.05, 0) is 32.9 Å². The third-order valence-electron chi connectivity index (χ3n) is 2.73. The summed E-state index contributed by atoms with van der Waals surface area (Å²) in [7, 11) is 3.13. The molecule has 0 aliphatic carbocycles. The minimum Gasteiger partial charge on any atom is -0.496 e. The maximum atomic E-state index is 11.8. The van der Waals surface area contributed by atoms with E-state index in [1.807, 2.05) is 20.8 Å². The van der Waals surface area contributed by atoms with Crippen LogP contribution in [-0.2, 0) is 4.74 Å². The number of hydrogen-bond donors (Lipinski definition) is 0. The molecule has 6 heteroatoms. The normalized spacial score (nSPS) is 10.8. The summed E-state index contributed by atoms with van der Waals surface area (Å²) in [6.45, 7) is 6.13. The second-order valence-electron chi connectivity index (χ2n) is 5.77. The monoisotopic (exact) mass is 309 g/mol. The molecule has 122 valence electrons. The highest BCUT2D eigenvalue weighted by Crippen LogP contribution is 2.23. The van der Waals surface area contributed by atoms with Crippen LogP contribution >= 0.6 is 0 Å². The largest absolute Gasteiger partial charge is 0.496 e. The molecule has 0 atom stereocenters. The van der Waals surface area contributed by atoms with E-state index in [4.69, 9.17) is 14.2 Å². The van der Waals surface area contributed by atoms with Gasteiger partial charge in [0.15, 0.2) is 6.29 Å². The van der Waals surface area contributed by atoms with Gasteiger partial charge in [0, 0.05) is 13.1 Å². The number of rotatable bonds is 6. The van der Waals surface area contributed by atoms with Crippen molar-refractivity contribution >= 4 is 12.4 Å². The van der Waals surface area contributed by atoms with Crippen LogP contribution in [0.4, 0.5) is 4.79 Å². The second-order valence-corrected chi connectivity index (χ2v) is 5.77. The third-order valence-corrected chi connectivity index (χ3v) is 2.73. The van der Waals surface area contributed by atoms with Crippen molar-refractivity contribution in [2.75, 3.05) is 27.3 Å². The molecule has 0 spiro atoms. The van der Waals surface area contributed by atoms with Crippen LogP contribution in [0, 0.1) is 0 Å². The smallest absolute Gasteiger partial charge is 0.410 e. The molecule has 0 fully saturated rings. The molecule has 0 unspecified atom stereocenters. The first-order valence-corrected chi connectivity index (χ1v) is 6.97. The van der Waals surface area contributed by atoms with Gasteiger partial charge >= 0.3 is 6.09 Å². The SMILES string of the molecule is COc1cc(OCCN(C)C(=O)OC(C)(C)C)ccc1C=O. The lowest BCUT2D eigenvalue weighted by Gasteiger charge is -2.24. The number of benzene rings is 1. The molecule has 0 saturated carbocycles. The molecule has 1 aromatic carbocycles. The van der Waals surface area contributed by atoms with Crippen molar-refractivity contribution in [3.63, 3.8) is 0 Å². The van der Waals surface area contributed by atoms with Crippen molar-refractivity contribution in [2.24, 2.45) is 0 Å². The van der Waals surface area contributed by atoms with E-state index in [0.717, 1.165) is 6.29 Å². The predicted molar refractivity (Wildman–Crippen MR) is 82.7 cm³/mol. The minimum absolute atomic E-state index is 0.305. The Morgan fingerprint density at radius 3 is 2.55 bits per heavy atom. The van der Waals surface area contributed by atoms with E-state index >= 15 is 0 Å². The lowest BCUT2D eigenvalue weighted by Crippen LogP contribution is -2.36. The number of amides is 1. The molecule has 0 N–H and O–H groups in total. The summed E-state index contributed by atoms with van der Waals surface area (Å²) in [5.41, 5.74) is -0.0646. The molecule has 1 aromatic rings. The zero-order valence-electron chi connectivity index (χ0n) is 13.7. The van der Waals surface area contributed by atoms with Crippen LogP contribution in [0.1, 0.15) is 31.1 Å². The molecule has 22 heavy (non-hydrogen) atoms. The highest BCUT2D eigenvalue weighted by Gasteiger charge is 2.19. The average molecular weight is 309 g/mol. The van der Waals surface area contributed by atoms with Gasteiger partial charge in [-0.1, -0.05) is 0 Å². The van der Waals surface area contributed by atoms with E-state index in [1.54, 1.807) is 25.2 Å². The van der Waals surface area contributed by atoms with Crippen molar-refractivity contribution in [2.45, 2.75) is 26.4 Å². The highest BCUT2D eigenvalue weighted by atomic mass is 16.6. The molecular weight excluding hydrogens is 286 g/mol. The maximum Gasteiger partial charge on any atom is 0.410 e. The molecule has 0 aliphatic heterocycles. The predicted octanol–water partition coefficient (Wildman–Crippen LogP) is 2.75. The number of carbonyl (C=O) groups excluding carboxylic acids is 2. The fraction of sp³-hybridized carbons (Fsp3) is 0.500. The van der Waals surface area contributed by atoms with Gasteiger partial charge in [-0.25, -0.2) is 4.79 Å². The average Bonchev–Trinajstić information content (AvgIpc) is 2.45.